The molecule has 44 heavy (non-hydrogen) atoms. The molecule has 1 N–H and O–H groups in total. The molecule has 2 heterocycles. The third kappa shape index (κ3) is 3.39. The molecule has 0 saturated heterocycles. The average molecular weight is 566 g/mol. The fourth-order valence-corrected chi connectivity index (χ4v) is 7.45. The molecule has 0 fully saturated rings. The zero-order valence-corrected chi connectivity index (χ0v) is 24.1. The number of hydrogen-bond donors (Lipinski definition) is 1. The van der Waals surface area contributed by atoms with E-state index in [1.165, 1.54) is 44.5 Å². The topological polar surface area (TPSA) is 50.8 Å². The molecule has 0 unspecified atom stereocenters. The number of aromatic nitrogens is 3. The van der Waals surface area contributed by atoms with Crippen molar-refractivity contribution in [2.24, 2.45) is 0 Å². The van der Waals surface area contributed by atoms with Gasteiger partial charge in [0.05, 0.1) is 16.8 Å². The summed E-state index contributed by atoms with van der Waals surface area (Å²) in [6.45, 7) is 2.13. The van der Waals surface area contributed by atoms with Gasteiger partial charge >= 0.3 is 0 Å². The van der Waals surface area contributed by atoms with E-state index in [-0.39, 0.29) is 5.41 Å². The van der Waals surface area contributed by atoms with Crippen LogP contribution in [0.5, 0.6) is 11.6 Å². The minimum atomic E-state index is -0.333. The summed E-state index contributed by atoms with van der Waals surface area (Å²) in [5.41, 5.74) is 15.4. The van der Waals surface area contributed by atoms with Gasteiger partial charge in [0.15, 0.2) is 0 Å². The summed E-state index contributed by atoms with van der Waals surface area (Å²) in [4.78, 5) is 4.29. The van der Waals surface area contributed by atoms with Crippen molar-refractivity contribution in [3.05, 3.63) is 167 Å². The number of nitrogens with one attached hydrogen (secondary N) is 1. The Morgan fingerprint density at radius 1 is 0.568 bits per heavy atom. The van der Waals surface area contributed by atoms with E-state index in [1.54, 1.807) is 6.20 Å². The number of nitrogens with zero attached hydrogens (tertiary/aromatic N) is 2. The average Bonchev–Trinajstić information content (AvgIpc) is 3.71. The summed E-state index contributed by atoms with van der Waals surface area (Å²) in [5.74, 6) is 1.29. The molecule has 4 nitrogen and oxygen atoms in total. The van der Waals surface area contributed by atoms with Gasteiger partial charge in [-0.1, -0.05) is 103 Å². The molecule has 0 radical (unpaired) electrons. The van der Waals surface area contributed by atoms with Gasteiger partial charge < -0.3 is 4.74 Å². The number of hydrogen-bond acceptors (Lipinski definition) is 3. The Kier molecular flexibility index (Phi) is 5.29. The fourth-order valence-electron chi connectivity index (χ4n) is 7.45. The van der Waals surface area contributed by atoms with Crippen molar-refractivity contribution in [2.75, 3.05) is 0 Å². The van der Waals surface area contributed by atoms with Crippen LogP contribution in [0.25, 0.3) is 44.8 Å². The van der Waals surface area contributed by atoms with Gasteiger partial charge in [-0.15, -0.1) is 0 Å². The third-order valence-electron chi connectivity index (χ3n) is 9.26. The second-order valence-electron chi connectivity index (χ2n) is 11.5. The number of rotatable bonds is 4. The molecule has 2 aromatic heterocycles. The summed E-state index contributed by atoms with van der Waals surface area (Å²) >= 11 is 0. The molecule has 7 aromatic rings. The fraction of sp³-hybridized carbons (Fsp3) is 0.0500. The van der Waals surface area contributed by atoms with Crippen LogP contribution in [-0.2, 0) is 5.41 Å². The first-order valence-corrected chi connectivity index (χ1v) is 14.9. The van der Waals surface area contributed by atoms with Crippen LogP contribution in [0.1, 0.15) is 27.8 Å². The zero-order chi connectivity index (χ0) is 29.3. The van der Waals surface area contributed by atoms with Gasteiger partial charge in [-0.3, -0.25) is 5.10 Å². The van der Waals surface area contributed by atoms with Crippen LogP contribution in [0, 0.1) is 6.92 Å². The molecule has 0 saturated carbocycles. The molecule has 0 aliphatic heterocycles. The van der Waals surface area contributed by atoms with Crippen LogP contribution in [0.2, 0.25) is 0 Å². The van der Waals surface area contributed by atoms with Crippen LogP contribution in [0.3, 0.4) is 0 Å². The summed E-state index contributed by atoms with van der Waals surface area (Å²) in [5, 5.41) is 8.14. The molecule has 0 amide bonds. The van der Waals surface area contributed by atoms with Crippen LogP contribution in [0.4, 0.5) is 0 Å². The number of aromatic amines is 1. The maximum Gasteiger partial charge on any atom is 0.219 e. The lowest BCUT2D eigenvalue weighted by Gasteiger charge is -2.30. The molecule has 5 aromatic carbocycles. The van der Waals surface area contributed by atoms with Gasteiger partial charge in [-0.2, -0.15) is 5.10 Å². The van der Waals surface area contributed by atoms with E-state index < -0.39 is 0 Å². The van der Waals surface area contributed by atoms with Crippen molar-refractivity contribution >= 4 is 0 Å². The van der Waals surface area contributed by atoms with Crippen molar-refractivity contribution < 1.29 is 4.74 Å². The lowest BCUT2D eigenvalue weighted by atomic mass is 9.70. The summed E-state index contributed by atoms with van der Waals surface area (Å²) in [6.07, 6.45) is 1.73. The van der Waals surface area contributed by atoms with Gasteiger partial charge in [0.2, 0.25) is 5.88 Å². The van der Waals surface area contributed by atoms with Crippen LogP contribution < -0.4 is 4.74 Å². The molecule has 1 spiro atoms. The first kappa shape index (κ1) is 24.8. The predicted molar refractivity (Wildman–Crippen MR) is 175 cm³/mol. The van der Waals surface area contributed by atoms with Crippen molar-refractivity contribution in [2.45, 2.75) is 12.3 Å². The largest absolute Gasteiger partial charge is 0.439 e. The molecular formula is C40H27N3O. The summed E-state index contributed by atoms with van der Waals surface area (Å²) in [6, 6.07) is 47.3. The van der Waals surface area contributed by atoms with Crippen molar-refractivity contribution in [1.82, 2.24) is 15.2 Å². The highest BCUT2D eigenvalue weighted by molar-refractivity contribution is 5.96. The number of H-pyrrole nitrogens is 1. The summed E-state index contributed by atoms with van der Waals surface area (Å²) < 4.78 is 6.00. The Bertz CT molecular complexity index is 2180. The monoisotopic (exact) mass is 565 g/mol. The van der Waals surface area contributed by atoms with Gasteiger partial charge in [0.25, 0.3) is 0 Å². The highest BCUT2D eigenvalue weighted by Crippen LogP contribution is 2.62. The standard InChI is InChI=1S/C40H27N3O/c1-25-38(26-11-10-12-28(23-26)44-37-19-8-9-22-41-37)42-43-39(25)27-20-21-36-32(24-27)31-15-4-7-18-35(31)40(36)33-16-5-2-13-29(33)30-14-3-6-17-34(30)40/h2-24H,1H3,(H,42,43). The molecule has 208 valence electrons. The van der Waals surface area contributed by atoms with Gasteiger partial charge in [-0.05, 0) is 75.7 Å². The Hall–Kier alpha value is -5.74. The Morgan fingerprint density at radius 3 is 1.89 bits per heavy atom. The lowest BCUT2D eigenvalue weighted by molar-refractivity contribution is 0.463. The van der Waals surface area contributed by atoms with E-state index in [0.717, 1.165) is 33.8 Å². The highest BCUT2D eigenvalue weighted by atomic mass is 16.5. The van der Waals surface area contributed by atoms with Crippen LogP contribution in [0.15, 0.2) is 140 Å². The minimum Gasteiger partial charge on any atom is -0.439 e. The Balaban J connectivity index is 1.17. The highest BCUT2D eigenvalue weighted by Gasteiger charge is 2.51. The minimum absolute atomic E-state index is 0.333. The van der Waals surface area contributed by atoms with Crippen LogP contribution >= 0.6 is 0 Å². The van der Waals surface area contributed by atoms with E-state index >= 15 is 0 Å². The first-order valence-electron chi connectivity index (χ1n) is 14.9. The van der Waals surface area contributed by atoms with Gasteiger partial charge in [0.1, 0.15) is 5.75 Å². The molecule has 0 atom stereocenters. The van der Waals surface area contributed by atoms with Gasteiger partial charge in [-0.25, -0.2) is 4.98 Å². The number of ether oxygens (including phenoxy) is 1. The smallest absolute Gasteiger partial charge is 0.219 e. The molecule has 4 heteroatoms. The van der Waals surface area contributed by atoms with E-state index in [1.807, 2.05) is 36.4 Å². The normalized spacial score (nSPS) is 13.3. The van der Waals surface area contributed by atoms with Crippen molar-refractivity contribution in [3.63, 3.8) is 0 Å². The SMILES string of the molecule is Cc1c(-c2cccc(Oc3ccccn3)c2)n[nH]c1-c1ccc2c(c1)-c1ccccc1C21c2ccccc2-c2ccccc21. The summed E-state index contributed by atoms with van der Waals surface area (Å²) in [7, 11) is 0. The zero-order valence-electron chi connectivity index (χ0n) is 24.1. The number of fused-ring (bicyclic) bond motifs is 10. The first-order chi connectivity index (χ1) is 21.7. The second-order valence-corrected chi connectivity index (χ2v) is 11.5. The van der Waals surface area contributed by atoms with Crippen LogP contribution in [-0.4, -0.2) is 15.2 Å². The van der Waals surface area contributed by atoms with Crippen molar-refractivity contribution in [1.29, 1.82) is 0 Å². The third-order valence-corrected chi connectivity index (χ3v) is 9.26. The maximum atomic E-state index is 6.00. The van der Waals surface area contributed by atoms with Gasteiger partial charge in [0, 0.05) is 29.0 Å². The lowest BCUT2D eigenvalue weighted by Crippen LogP contribution is -2.25. The molecule has 2 aliphatic carbocycles. The predicted octanol–water partition coefficient (Wildman–Crippen LogP) is 9.58. The maximum absolute atomic E-state index is 6.00. The van der Waals surface area contributed by atoms with E-state index in [9.17, 15) is 0 Å². The van der Waals surface area contributed by atoms with E-state index in [2.05, 4.69) is 114 Å². The number of pyridine rings is 1. The van der Waals surface area contributed by atoms with E-state index in [4.69, 9.17) is 9.84 Å². The molecule has 9 rings (SSSR count). The number of benzene rings is 5. The second kappa shape index (κ2) is 9.38. The Morgan fingerprint density at radius 2 is 1.20 bits per heavy atom. The molecular weight excluding hydrogens is 538 g/mol. The molecule has 0 bridgehead atoms. The Labute approximate surface area is 255 Å². The quantitative estimate of drug-likeness (QED) is 0.231. The molecule has 2 aliphatic rings. The van der Waals surface area contributed by atoms with E-state index in [0.29, 0.717) is 5.88 Å². The van der Waals surface area contributed by atoms with Crippen molar-refractivity contribution in [3.8, 4) is 56.4 Å².